The Hall–Kier alpha value is -3.81. The van der Waals surface area contributed by atoms with Crippen molar-refractivity contribution >= 4 is 18.2 Å². The molecule has 0 radical (unpaired) electrons. The molecule has 0 saturated heterocycles. The molecule has 1 aliphatic rings. The predicted octanol–water partition coefficient (Wildman–Crippen LogP) is 3.62. The van der Waals surface area contributed by atoms with Gasteiger partial charge in [-0.05, 0) is 28.7 Å². The van der Waals surface area contributed by atoms with Crippen molar-refractivity contribution in [1.82, 2.24) is 10.2 Å². The third kappa shape index (κ3) is 5.66. The average molecular weight is 438 g/mol. The Morgan fingerprint density at radius 3 is 2.25 bits per heavy atom. The SMILES string of the molecule is C=CCOC(=O)NCCCN(CC(=O)O)C(=O)OCC1c2ccccc2-c2ccccc21. The molecule has 8 nitrogen and oxygen atoms in total. The molecule has 8 heteroatoms. The fourth-order valence-corrected chi connectivity index (χ4v) is 3.73. The number of alkyl carbamates (subject to hydrolysis) is 1. The molecule has 0 spiro atoms. The average Bonchev–Trinajstić information content (AvgIpc) is 3.11. The molecular weight excluding hydrogens is 412 g/mol. The standard InChI is InChI=1S/C24H26N2O6/c1-2-14-31-23(29)25-12-7-13-26(15-22(27)28)24(30)32-16-21-19-10-5-3-8-17(19)18-9-4-6-11-20(18)21/h2-6,8-11,21H,1,7,12-16H2,(H,25,29)(H,27,28). The second-order valence-electron chi connectivity index (χ2n) is 7.29. The van der Waals surface area contributed by atoms with Gasteiger partial charge in [0.25, 0.3) is 0 Å². The summed E-state index contributed by atoms with van der Waals surface area (Å²) in [4.78, 5) is 36.4. The number of benzene rings is 2. The van der Waals surface area contributed by atoms with E-state index in [1.54, 1.807) is 0 Å². The van der Waals surface area contributed by atoms with Crippen LogP contribution >= 0.6 is 0 Å². The van der Waals surface area contributed by atoms with E-state index >= 15 is 0 Å². The van der Waals surface area contributed by atoms with Crippen molar-refractivity contribution < 1.29 is 29.0 Å². The first-order valence-corrected chi connectivity index (χ1v) is 10.3. The summed E-state index contributed by atoms with van der Waals surface area (Å²) in [5.41, 5.74) is 4.38. The number of nitrogens with one attached hydrogen (secondary N) is 1. The van der Waals surface area contributed by atoms with Crippen LogP contribution in [-0.2, 0) is 14.3 Å². The van der Waals surface area contributed by atoms with Gasteiger partial charge in [-0.1, -0.05) is 61.2 Å². The Morgan fingerprint density at radius 1 is 1.03 bits per heavy atom. The first-order valence-electron chi connectivity index (χ1n) is 10.3. The van der Waals surface area contributed by atoms with E-state index < -0.39 is 24.7 Å². The number of hydrogen-bond donors (Lipinski definition) is 2. The largest absolute Gasteiger partial charge is 0.480 e. The molecule has 3 rings (SSSR count). The van der Waals surface area contributed by atoms with Gasteiger partial charge in [0.2, 0.25) is 0 Å². The lowest BCUT2D eigenvalue weighted by Gasteiger charge is -2.22. The number of carbonyl (C=O) groups excluding carboxylic acids is 2. The summed E-state index contributed by atoms with van der Waals surface area (Å²) in [6.07, 6.45) is 0.491. The summed E-state index contributed by atoms with van der Waals surface area (Å²) in [6, 6.07) is 16.0. The molecule has 2 amide bonds. The topological polar surface area (TPSA) is 105 Å². The summed E-state index contributed by atoms with van der Waals surface area (Å²) < 4.78 is 10.3. The highest BCUT2D eigenvalue weighted by atomic mass is 16.6. The lowest BCUT2D eigenvalue weighted by molar-refractivity contribution is -0.138. The molecule has 2 aromatic rings. The zero-order chi connectivity index (χ0) is 22.9. The van der Waals surface area contributed by atoms with E-state index in [1.165, 1.54) is 6.08 Å². The summed E-state index contributed by atoms with van der Waals surface area (Å²) in [5.74, 6) is -1.25. The Kier molecular flexibility index (Phi) is 7.85. The lowest BCUT2D eigenvalue weighted by Crippen LogP contribution is -2.38. The van der Waals surface area contributed by atoms with Gasteiger partial charge in [-0.3, -0.25) is 9.69 Å². The van der Waals surface area contributed by atoms with Crippen molar-refractivity contribution in [2.75, 3.05) is 32.8 Å². The van der Waals surface area contributed by atoms with Crippen molar-refractivity contribution in [3.8, 4) is 11.1 Å². The van der Waals surface area contributed by atoms with E-state index in [-0.39, 0.29) is 32.2 Å². The van der Waals surface area contributed by atoms with Gasteiger partial charge < -0.3 is 19.9 Å². The van der Waals surface area contributed by atoms with Gasteiger partial charge >= 0.3 is 18.2 Å². The van der Waals surface area contributed by atoms with E-state index in [0.29, 0.717) is 6.42 Å². The van der Waals surface area contributed by atoms with Crippen LogP contribution in [0.1, 0.15) is 23.5 Å². The van der Waals surface area contributed by atoms with Gasteiger partial charge in [-0.25, -0.2) is 9.59 Å². The Morgan fingerprint density at radius 2 is 1.66 bits per heavy atom. The van der Waals surface area contributed by atoms with Gasteiger partial charge in [0.05, 0.1) is 0 Å². The third-order valence-electron chi connectivity index (χ3n) is 5.13. The minimum Gasteiger partial charge on any atom is -0.480 e. The molecule has 168 valence electrons. The van der Waals surface area contributed by atoms with E-state index in [2.05, 4.69) is 11.9 Å². The Labute approximate surface area is 186 Å². The van der Waals surface area contributed by atoms with Crippen molar-refractivity contribution in [2.24, 2.45) is 0 Å². The molecular formula is C24H26N2O6. The maximum atomic E-state index is 12.6. The lowest BCUT2D eigenvalue weighted by atomic mass is 9.98. The van der Waals surface area contributed by atoms with Crippen molar-refractivity contribution in [1.29, 1.82) is 0 Å². The third-order valence-corrected chi connectivity index (χ3v) is 5.13. The van der Waals surface area contributed by atoms with Crippen molar-refractivity contribution in [3.05, 3.63) is 72.3 Å². The van der Waals surface area contributed by atoms with Gasteiger partial charge in [-0.15, -0.1) is 0 Å². The molecule has 0 fully saturated rings. The van der Waals surface area contributed by atoms with E-state index in [4.69, 9.17) is 14.6 Å². The van der Waals surface area contributed by atoms with Crippen LogP contribution in [0, 0.1) is 0 Å². The predicted molar refractivity (Wildman–Crippen MR) is 118 cm³/mol. The Balaban J connectivity index is 1.58. The van der Waals surface area contributed by atoms with Gasteiger partial charge in [0.15, 0.2) is 0 Å². The first-order chi connectivity index (χ1) is 15.5. The minimum atomic E-state index is -1.14. The van der Waals surface area contributed by atoms with Crippen molar-refractivity contribution in [2.45, 2.75) is 12.3 Å². The highest BCUT2D eigenvalue weighted by Crippen LogP contribution is 2.44. The van der Waals surface area contributed by atoms with Crippen LogP contribution in [0.2, 0.25) is 0 Å². The van der Waals surface area contributed by atoms with Crippen molar-refractivity contribution in [3.63, 3.8) is 0 Å². The number of rotatable bonds is 10. The minimum absolute atomic E-state index is 0.0940. The van der Waals surface area contributed by atoms with E-state index in [1.807, 2.05) is 48.5 Å². The van der Waals surface area contributed by atoms with Crippen LogP contribution in [0.4, 0.5) is 9.59 Å². The van der Waals surface area contributed by atoms with Crippen LogP contribution in [0.5, 0.6) is 0 Å². The highest BCUT2D eigenvalue weighted by Gasteiger charge is 2.30. The molecule has 32 heavy (non-hydrogen) atoms. The Bertz CT molecular complexity index is 944. The fourth-order valence-electron chi connectivity index (χ4n) is 3.73. The number of hydrogen-bond acceptors (Lipinski definition) is 5. The zero-order valence-electron chi connectivity index (χ0n) is 17.7. The highest BCUT2D eigenvalue weighted by molar-refractivity contribution is 5.79. The van der Waals surface area contributed by atoms with Gasteiger partial charge in [0, 0.05) is 19.0 Å². The van der Waals surface area contributed by atoms with Crippen LogP contribution in [0.15, 0.2) is 61.2 Å². The molecule has 0 aliphatic heterocycles. The summed E-state index contributed by atoms with van der Waals surface area (Å²) in [6.45, 7) is 3.50. The molecule has 0 aromatic heterocycles. The summed E-state index contributed by atoms with van der Waals surface area (Å²) in [7, 11) is 0. The number of ether oxygens (including phenoxy) is 2. The van der Waals surface area contributed by atoms with Crippen LogP contribution in [0.3, 0.4) is 0 Å². The van der Waals surface area contributed by atoms with Crippen LogP contribution in [0.25, 0.3) is 11.1 Å². The zero-order valence-corrected chi connectivity index (χ0v) is 17.7. The molecule has 0 saturated carbocycles. The molecule has 2 N–H and O–H groups in total. The number of fused-ring (bicyclic) bond motifs is 3. The quantitative estimate of drug-likeness (QED) is 0.434. The second kappa shape index (κ2) is 11.0. The van der Waals surface area contributed by atoms with Crippen LogP contribution < -0.4 is 5.32 Å². The monoisotopic (exact) mass is 438 g/mol. The molecule has 1 aliphatic carbocycles. The number of amides is 2. The second-order valence-corrected chi connectivity index (χ2v) is 7.29. The molecule has 0 heterocycles. The number of nitrogens with zero attached hydrogens (tertiary/aromatic N) is 1. The number of carboxylic acid groups (broad SMARTS) is 1. The first kappa shape index (κ1) is 22.9. The maximum absolute atomic E-state index is 12.6. The van der Waals surface area contributed by atoms with E-state index in [0.717, 1.165) is 27.2 Å². The van der Waals surface area contributed by atoms with E-state index in [9.17, 15) is 14.4 Å². The summed E-state index contributed by atoms with van der Waals surface area (Å²) in [5, 5.41) is 11.7. The molecule has 0 bridgehead atoms. The molecule has 2 aromatic carbocycles. The maximum Gasteiger partial charge on any atom is 0.410 e. The summed E-state index contributed by atoms with van der Waals surface area (Å²) >= 11 is 0. The molecule has 0 atom stereocenters. The number of carboxylic acids is 1. The number of carbonyl (C=O) groups is 3. The van der Waals surface area contributed by atoms with Crippen LogP contribution in [-0.4, -0.2) is 61.0 Å². The normalized spacial score (nSPS) is 11.8. The van der Waals surface area contributed by atoms with Gasteiger partial charge in [0.1, 0.15) is 19.8 Å². The fraction of sp³-hybridized carbons (Fsp3) is 0.292. The smallest absolute Gasteiger partial charge is 0.410 e. The number of aliphatic carboxylic acids is 1. The van der Waals surface area contributed by atoms with Gasteiger partial charge in [-0.2, -0.15) is 0 Å². The molecule has 0 unspecified atom stereocenters.